The van der Waals surface area contributed by atoms with Crippen molar-refractivity contribution >= 4 is 45.9 Å². The second-order valence-electron chi connectivity index (χ2n) is 15.3. The van der Waals surface area contributed by atoms with Gasteiger partial charge in [-0.15, -0.1) is 0 Å². The summed E-state index contributed by atoms with van der Waals surface area (Å²) in [6, 6.07) is 59.3. The molecule has 4 nitrogen and oxygen atoms in total. The van der Waals surface area contributed by atoms with E-state index in [1.165, 1.54) is 5.56 Å². The fourth-order valence-corrected chi connectivity index (χ4v) is 8.59. The summed E-state index contributed by atoms with van der Waals surface area (Å²) in [5.74, 6) is 7.45. The fourth-order valence-electron chi connectivity index (χ4n) is 8.59. The lowest BCUT2D eigenvalue weighted by Crippen LogP contribution is -1.91. The summed E-state index contributed by atoms with van der Waals surface area (Å²) < 4.78 is 0. The van der Waals surface area contributed by atoms with Gasteiger partial charge in [0.15, 0.2) is 0 Å². The highest BCUT2D eigenvalue weighted by atomic mass is 14.8. The lowest BCUT2D eigenvalue weighted by atomic mass is 9.98. The first-order valence-corrected chi connectivity index (χ1v) is 20.6. The molecule has 2 aliphatic heterocycles. The number of allylic oxidation sites excluding steroid dienone is 5. The van der Waals surface area contributed by atoms with Crippen LogP contribution in [0, 0.1) is 11.8 Å². The molecule has 0 radical (unpaired) electrons. The molecule has 61 heavy (non-hydrogen) atoms. The summed E-state index contributed by atoms with van der Waals surface area (Å²) in [6.07, 6.45) is 15.1. The summed E-state index contributed by atoms with van der Waals surface area (Å²) >= 11 is 0. The lowest BCUT2D eigenvalue weighted by Gasteiger charge is -2.07. The van der Waals surface area contributed by atoms with E-state index in [-0.39, 0.29) is 0 Å². The third-order valence-electron chi connectivity index (χ3n) is 11.5. The summed E-state index contributed by atoms with van der Waals surface area (Å²) in [5.41, 5.74) is 18.4. The molecule has 0 atom stereocenters. The highest BCUT2D eigenvalue weighted by Crippen LogP contribution is 2.40. The van der Waals surface area contributed by atoms with Gasteiger partial charge in [-0.3, -0.25) is 0 Å². The Hall–Kier alpha value is -8.26. The van der Waals surface area contributed by atoms with Crippen LogP contribution in [0.25, 0.3) is 90.4 Å². The highest BCUT2D eigenvalue weighted by Gasteiger charge is 2.22. The lowest BCUT2D eigenvalue weighted by molar-refractivity contribution is 1.10. The summed E-state index contributed by atoms with van der Waals surface area (Å²) in [7, 11) is 0. The molecule has 0 unspecified atom stereocenters. The molecule has 286 valence electrons. The van der Waals surface area contributed by atoms with Gasteiger partial charge in [0.2, 0.25) is 0 Å². The number of nitrogens with one attached hydrogen (secondary N) is 2. The molecule has 5 heterocycles. The zero-order valence-corrected chi connectivity index (χ0v) is 33.2. The zero-order chi connectivity index (χ0) is 40.5. The topological polar surface area (TPSA) is 57.4 Å². The molecule has 0 spiro atoms. The Morgan fingerprint density at radius 2 is 0.820 bits per heavy atom. The second kappa shape index (κ2) is 15.5. The minimum absolute atomic E-state index is 0.298. The third kappa shape index (κ3) is 6.85. The van der Waals surface area contributed by atoms with Crippen molar-refractivity contribution < 1.29 is 0 Å². The standard InChI is InChI=1S/C57H38N4/c1-5-17-41(18-6-1)53-46-31-32-47(58-46)54(42-19-7-2-8-20-42)49-35-36-51(60-49)56(44-23-11-4-12-24-44)57-45(30-27-38-25-28-40(29-26-38)39-15-13-14-16-39)37-52(61-57)55(43-21-9-3-10-22-43)50-34-33-48(53)59-50/h1-26,28-29,31-37,39,59-60H. The predicted octanol–water partition coefficient (Wildman–Crippen LogP) is 14.0. The van der Waals surface area contributed by atoms with Crippen LogP contribution in [0.2, 0.25) is 0 Å². The molecule has 3 aromatic heterocycles. The Kier molecular flexibility index (Phi) is 9.11. The van der Waals surface area contributed by atoms with E-state index < -0.39 is 0 Å². The van der Waals surface area contributed by atoms with Crippen LogP contribution in [-0.2, 0) is 0 Å². The largest absolute Gasteiger partial charge is 0.354 e. The Morgan fingerprint density at radius 3 is 1.30 bits per heavy atom. The summed E-state index contributed by atoms with van der Waals surface area (Å²) in [4.78, 5) is 18.8. The molecule has 1 aliphatic carbocycles. The van der Waals surface area contributed by atoms with Crippen molar-refractivity contribution in [3.63, 3.8) is 0 Å². The van der Waals surface area contributed by atoms with Crippen LogP contribution in [0.3, 0.4) is 0 Å². The smallest absolute Gasteiger partial charge is 0.0893 e. The fraction of sp³-hybridized carbons (Fsp3) is 0.0175. The number of aromatic nitrogens is 4. The first-order chi connectivity index (χ1) is 30.2. The molecule has 11 rings (SSSR count). The van der Waals surface area contributed by atoms with Gasteiger partial charge in [0.25, 0.3) is 0 Å². The van der Waals surface area contributed by atoms with Crippen LogP contribution >= 0.6 is 0 Å². The predicted molar refractivity (Wildman–Crippen MR) is 254 cm³/mol. The van der Waals surface area contributed by atoms with Crippen LogP contribution in [0.1, 0.15) is 39.8 Å². The Bertz CT molecular complexity index is 3310. The van der Waals surface area contributed by atoms with Gasteiger partial charge in [-0.05, 0) is 82.4 Å². The molecule has 3 aliphatic rings. The summed E-state index contributed by atoms with van der Waals surface area (Å²) in [5, 5.41) is 0. The minimum Gasteiger partial charge on any atom is -0.354 e. The molecule has 5 aromatic carbocycles. The van der Waals surface area contributed by atoms with E-state index in [9.17, 15) is 0 Å². The van der Waals surface area contributed by atoms with Gasteiger partial charge in [0.1, 0.15) is 0 Å². The number of aromatic amines is 2. The van der Waals surface area contributed by atoms with Gasteiger partial charge in [-0.25, -0.2) is 9.97 Å². The molecule has 2 N–H and O–H groups in total. The zero-order valence-electron chi connectivity index (χ0n) is 33.2. The number of nitrogens with zero attached hydrogens (tertiary/aromatic N) is 2. The van der Waals surface area contributed by atoms with E-state index >= 15 is 0 Å². The molecule has 0 saturated carbocycles. The first kappa shape index (κ1) is 35.9. The molecule has 8 bridgehead atoms. The summed E-state index contributed by atoms with van der Waals surface area (Å²) in [6.45, 7) is 0. The maximum atomic E-state index is 5.61. The molecule has 8 aromatic rings. The molecule has 4 heteroatoms. The van der Waals surface area contributed by atoms with Crippen molar-refractivity contribution in [3.8, 4) is 56.3 Å². The van der Waals surface area contributed by atoms with E-state index in [2.05, 4.69) is 234 Å². The van der Waals surface area contributed by atoms with Crippen LogP contribution in [0.5, 0.6) is 0 Å². The van der Waals surface area contributed by atoms with Gasteiger partial charge >= 0.3 is 0 Å². The number of benzene rings is 5. The number of fused-ring (bicyclic) bond motifs is 8. The molecular weight excluding hydrogens is 741 g/mol. The number of hydrogen-bond donors (Lipinski definition) is 2. The normalized spacial score (nSPS) is 13.0. The third-order valence-corrected chi connectivity index (χ3v) is 11.5. The van der Waals surface area contributed by atoms with Crippen LogP contribution < -0.4 is 0 Å². The average molecular weight is 779 g/mol. The molecule has 0 amide bonds. The van der Waals surface area contributed by atoms with Gasteiger partial charge in [0, 0.05) is 55.8 Å². The Morgan fingerprint density at radius 1 is 0.393 bits per heavy atom. The van der Waals surface area contributed by atoms with Gasteiger partial charge in [0.05, 0.1) is 28.3 Å². The van der Waals surface area contributed by atoms with Crippen LogP contribution in [0.4, 0.5) is 0 Å². The van der Waals surface area contributed by atoms with Crippen molar-refractivity contribution in [2.24, 2.45) is 0 Å². The molecular formula is C57H38N4. The maximum absolute atomic E-state index is 5.61. The van der Waals surface area contributed by atoms with Gasteiger partial charge in [-0.1, -0.05) is 170 Å². The van der Waals surface area contributed by atoms with Crippen molar-refractivity contribution in [1.82, 2.24) is 19.9 Å². The number of rotatable bonds is 5. The van der Waals surface area contributed by atoms with Crippen LogP contribution in [0.15, 0.2) is 194 Å². The highest BCUT2D eigenvalue weighted by molar-refractivity contribution is 6.05. The van der Waals surface area contributed by atoms with Crippen LogP contribution in [-0.4, -0.2) is 19.9 Å². The van der Waals surface area contributed by atoms with Crippen molar-refractivity contribution in [2.45, 2.75) is 5.92 Å². The first-order valence-electron chi connectivity index (χ1n) is 20.6. The van der Waals surface area contributed by atoms with E-state index in [1.807, 2.05) is 0 Å². The molecule has 0 saturated heterocycles. The van der Waals surface area contributed by atoms with Gasteiger partial charge in [-0.2, -0.15) is 0 Å². The maximum Gasteiger partial charge on any atom is 0.0893 e. The number of hydrogen-bond acceptors (Lipinski definition) is 2. The minimum atomic E-state index is 0.298. The second-order valence-corrected chi connectivity index (χ2v) is 15.3. The van der Waals surface area contributed by atoms with Crippen molar-refractivity contribution in [1.29, 1.82) is 0 Å². The van der Waals surface area contributed by atoms with E-state index in [0.29, 0.717) is 5.92 Å². The Balaban J connectivity index is 1.26. The van der Waals surface area contributed by atoms with E-state index in [0.717, 1.165) is 100 Å². The monoisotopic (exact) mass is 778 g/mol. The van der Waals surface area contributed by atoms with Crippen molar-refractivity contribution in [2.75, 3.05) is 0 Å². The van der Waals surface area contributed by atoms with E-state index in [4.69, 9.17) is 9.97 Å². The van der Waals surface area contributed by atoms with E-state index in [1.54, 1.807) is 0 Å². The quantitative estimate of drug-likeness (QED) is 0.171. The molecule has 0 fully saturated rings. The Labute approximate surface area is 354 Å². The van der Waals surface area contributed by atoms with Gasteiger partial charge < -0.3 is 9.97 Å². The van der Waals surface area contributed by atoms with Crippen molar-refractivity contribution in [3.05, 3.63) is 228 Å². The number of H-pyrrole nitrogens is 2. The SMILES string of the molecule is C(#Cc1ccc(C2C=CC=C2)cc1)C1=Cc2nc1c(-c1ccccc1)c1ccc([nH]1)c(-c1ccccc1)c1nc(c(-c3ccccc3)c3ccc([nH]3)c2-c2ccccc2)C=C1. The average Bonchev–Trinajstić information content (AvgIpc) is 4.19.